The van der Waals surface area contributed by atoms with Gasteiger partial charge in [0.1, 0.15) is 11.6 Å². The Labute approximate surface area is 239 Å². The van der Waals surface area contributed by atoms with Crippen molar-refractivity contribution in [3.05, 3.63) is 65.5 Å². The molecular formula is C32H46FN3O4. The molecule has 7 nitrogen and oxygen atoms in total. The number of rotatable bonds is 10. The number of ether oxygens (including phenoxy) is 3. The molecule has 0 bridgehead atoms. The van der Waals surface area contributed by atoms with E-state index in [4.69, 9.17) is 14.2 Å². The Morgan fingerprint density at radius 2 is 1.55 bits per heavy atom. The number of nitrogens with zero attached hydrogens (tertiary/aromatic N) is 2. The summed E-state index contributed by atoms with van der Waals surface area (Å²) in [6, 6.07) is 14.5. The minimum Gasteiger partial charge on any atom is -0.491 e. The monoisotopic (exact) mass is 555 g/mol. The number of hydrogen-bond donors (Lipinski definition) is 1. The summed E-state index contributed by atoms with van der Waals surface area (Å²) in [5, 5.41) is 3.42. The van der Waals surface area contributed by atoms with Crippen LogP contribution >= 0.6 is 0 Å². The van der Waals surface area contributed by atoms with Gasteiger partial charge in [-0.15, -0.1) is 0 Å². The minimum atomic E-state index is -0.761. The fraction of sp³-hybridized carbons (Fsp3) is 0.594. The van der Waals surface area contributed by atoms with Crippen molar-refractivity contribution in [1.29, 1.82) is 0 Å². The topological polar surface area (TPSA) is 63.3 Å². The van der Waals surface area contributed by atoms with Crippen molar-refractivity contribution in [2.45, 2.75) is 84.9 Å². The highest BCUT2D eigenvalue weighted by atomic mass is 19.1. The van der Waals surface area contributed by atoms with Crippen molar-refractivity contribution < 1.29 is 23.4 Å². The number of benzene rings is 2. The lowest BCUT2D eigenvalue weighted by molar-refractivity contribution is -0.292. The van der Waals surface area contributed by atoms with Gasteiger partial charge in [-0.25, -0.2) is 9.18 Å². The third-order valence-electron chi connectivity index (χ3n) is 7.57. The normalized spacial score (nSPS) is 18.9. The Hall–Kier alpha value is -2.68. The molecule has 2 saturated heterocycles. The van der Waals surface area contributed by atoms with Crippen molar-refractivity contribution in [2.24, 2.45) is 5.41 Å². The van der Waals surface area contributed by atoms with Crippen molar-refractivity contribution in [1.82, 2.24) is 15.1 Å². The maximum Gasteiger partial charge on any atom is 0.320 e. The molecule has 2 aliphatic rings. The molecule has 0 saturated carbocycles. The van der Waals surface area contributed by atoms with Gasteiger partial charge in [-0.1, -0.05) is 38.1 Å². The van der Waals surface area contributed by atoms with Crippen LogP contribution in [-0.2, 0) is 22.6 Å². The van der Waals surface area contributed by atoms with Crippen molar-refractivity contribution >= 4 is 6.03 Å². The van der Waals surface area contributed by atoms with E-state index in [1.165, 1.54) is 12.1 Å². The molecule has 0 atom stereocenters. The van der Waals surface area contributed by atoms with Crippen LogP contribution in [0.4, 0.5) is 9.18 Å². The smallest absolute Gasteiger partial charge is 0.320 e. The van der Waals surface area contributed by atoms with E-state index in [1.807, 2.05) is 54.8 Å². The maximum atomic E-state index is 14.4. The quantitative estimate of drug-likeness (QED) is 0.392. The third kappa shape index (κ3) is 8.66. The van der Waals surface area contributed by atoms with Gasteiger partial charge in [-0.05, 0) is 82.1 Å². The van der Waals surface area contributed by atoms with Crippen LogP contribution in [0.3, 0.4) is 0 Å². The number of urea groups is 1. The Morgan fingerprint density at radius 3 is 2.15 bits per heavy atom. The zero-order chi connectivity index (χ0) is 28.8. The van der Waals surface area contributed by atoms with E-state index in [2.05, 4.69) is 19.2 Å². The molecule has 40 heavy (non-hydrogen) atoms. The predicted octanol–water partition coefficient (Wildman–Crippen LogP) is 5.97. The maximum absolute atomic E-state index is 14.4. The first kappa shape index (κ1) is 30.3. The van der Waals surface area contributed by atoms with Crippen LogP contribution in [0.2, 0.25) is 0 Å². The molecule has 4 rings (SSSR count). The summed E-state index contributed by atoms with van der Waals surface area (Å²) < 4.78 is 31.8. The zero-order valence-corrected chi connectivity index (χ0v) is 24.7. The molecule has 2 aliphatic heterocycles. The summed E-state index contributed by atoms with van der Waals surface area (Å²) in [6.45, 7) is 14.5. The van der Waals surface area contributed by atoms with E-state index < -0.39 is 5.79 Å². The van der Waals surface area contributed by atoms with E-state index in [9.17, 15) is 9.18 Å². The third-order valence-corrected chi connectivity index (χ3v) is 7.57. The van der Waals surface area contributed by atoms with Gasteiger partial charge < -0.3 is 29.3 Å². The number of carbonyl (C=O) groups excluding carboxylic acids is 1. The molecule has 0 radical (unpaired) electrons. The van der Waals surface area contributed by atoms with E-state index in [0.29, 0.717) is 39.3 Å². The van der Waals surface area contributed by atoms with Crippen molar-refractivity contribution in [3.8, 4) is 5.75 Å². The average molecular weight is 556 g/mol. The van der Waals surface area contributed by atoms with Crippen LogP contribution in [0.1, 0.15) is 65.0 Å². The Morgan fingerprint density at radius 1 is 0.975 bits per heavy atom. The van der Waals surface area contributed by atoms with Crippen LogP contribution in [0.25, 0.3) is 0 Å². The Balaban J connectivity index is 1.55. The molecule has 220 valence electrons. The van der Waals surface area contributed by atoms with Gasteiger partial charge in [0, 0.05) is 37.5 Å². The number of carbonyl (C=O) groups is 1. The van der Waals surface area contributed by atoms with E-state index >= 15 is 0 Å². The number of halogens is 1. The van der Waals surface area contributed by atoms with Crippen molar-refractivity contribution in [2.75, 3.05) is 32.8 Å². The lowest BCUT2D eigenvalue weighted by Gasteiger charge is -2.43. The molecule has 0 spiro atoms. The summed E-state index contributed by atoms with van der Waals surface area (Å²) >= 11 is 0. The van der Waals surface area contributed by atoms with Crippen LogP contribution < -0.4 is 10.1 Å². The summed E-state index contributed by atoms with van der Waals surface area (Å²) in [4.78, 5) is 18.2. The van der Waals surface area contributed by atoms with Gasteiger partial charge in [-0.2, -0.15) is 0 Å². The highest BCUT2D eigenvalue weighted by Gasteiger charge is 2.38. The van der Waals surface area contributed by atoms with E-state index in [-0.39, 0.29) is 29.4 Å². The number of hydrogen-bond acceptors (Lipinski definition) is 5. The molecule has 0 unspecified atom stereocenters. The number of nitrogens with one attached hydrogen (secondary N) is 1. The van der Waals surface area contributed by atoms with Crippen LogP contribution in [0.5, 0.6) is 5.75 Å². The molecule has 2 heterocycles. The predicted molar refractivity (Wildman–Crippen MR) is 155 cm³/mol. The number of piperidine rings is 1. The molecule has 2 aromatic rings. The summed E-state index contributed by atoms with van der Waals surface area (Å²) in [6.07, 6.45) is 2.42. The first-order chi connectivity index (χ1) is 19.0. The second-order valence-corrected chi connectivity index (χ2v) is 12.4. The Kier molecular flexibility index (Phi) is 10.1. The standard InChI is InChI=1S/C32H46FN3O4/c1-24(2)40-29-12-8-26(9-13-29)21-36(28-14-17-34-18-15-28)30(37)35(20-25-6-10-27(33)11-7-25)19-16-32(5)38-22-31(3,4)23-39-32/h6-13,24,28,34H,14-23H2,1-5H3. The van der Waals surface area contributed by atoms with Gasteiger partial charge >= 0.3 is 6.03 Å². The van der Waals surface area contributed by atoms with E-state index in [0.717, 1.165) is 42.8 Å². The highest BCUT2D eigenvalue weighted by molar-refractivity contribution is 5.75. The summed E-state index contributed by atoms with van der Waals surface area (Å²) in [5.41, 5.74) is 1.90. The van der Waals surface area contributed by atoms with Gasteiger partial charge in [-0.3, -0.25) is 0 Å². The Bertz CT molecular complexity index is 1070. The molecule has 2 fully saturated rings. The molecule has 0 aliphatic carbocycles. The van der Waals surface area contributed by atoms with Crippen LogP contribution in [0, 0.1) is 11.2 Å². The minimum absolute atomic E-state index is 0.0292. The van der Waals surface area contributed by atoms with Gasteiger partial charge in [0.05, 0.1) is 19.3 Å². The van der Waals surface area contributed by atoms with Gasteiger partial charge in [0.25, 0.3) is 0 Å². The molecule has 0 aromatic heterocycles. The van der Waals surface area contributed by atoms with Crippen molar-refractivity contribution in [3.63, 3.8) is 0 Å². The second kappa shape index (κ2) is 13.3. The molecule has 2 amide bonds. The lowest BCUT2D eigenvalue weighted by atomic mass is 9.94. The molecule has 1 N–H and O–H groups in total. The lowest BCUT2D eigenvalue weighted by Crippen LogP contribution is -2.52. The number of amides is 2. The molecule has 2 aromatic carbocycles. The van der Waals surface area contributed by atoms with Crippen LogP contribution in [0.15, 0.2) is 48.5 Å². The molecular weight excluding hydrogens is 509 g/mol. The second-order valence-electron chi connectivity index (χ2n) is 12.4. The largest absolute Gasteiger partial charge is 0.491 e. The fourth-order valence-electron chi connectivity index (χ4n) is 5.11. The highest BCUT2D eigenvalue weighted by Crippen LogP contribution is 2.32. The van der Waals surface area contributed by atoms with Crippen LogP contribution in [-0.4, -0.2) is 66.6 Å². The van der Waals surface area contributed by atoms with E-state index in [1.54, 1.807) is 12.1 Å². The summed E-state index contributed by atoms with van der Waals surface area (Å²) in [5.74, 6) is -0.231. The zero-order valence-electron chi connectivity index (χ0n) is 24.7. The van der Waals surface area contributed by atoms with Gasteiger partial charge in [0.2, 0.25) is 0 Å². The first-order valence-electron chi connectivity index (χ1n) is 14.6. The first-order valence-corrected chi connectivity index (χ1v) is 14.6. The molecule has 8 heteroatoms. The average Bonchev–Trinajstić information content (AvgIpc) is 2.93. The van der Waals surface area contributed by atoms with Gasteiger partial charge in [0.15, 0.2) is 5.79 Å². The fourth-order valence-corrected chi connectivity index (χ4v) is 5.11. The SMILES string of the molecule is CC(C)Oc1ccc(CN(C(=O)N(CCC2(C)OCC(C)(C)CO2)Cc2ccc(F)cc2)C2CCNCC2)cc1. The summed E-state index contributed by atoms with van der Waals surface area (Å²) in [7, 11) is 0.